The summed E-state index contributed by atoms with van der Waals surface area (Å²) < 4.78 is 0. The minimum absolute atomic E-state index is 0. The summed E-state index contributed by atoms with van der Waals surface area (Å²) in [6, 6.07) is 2.20. The summed E-state index contributed by atoms with van der Waals surface area (Å²) >= 11 is 1.76. The first-order chi connectivity index (χ1) is 11.2. The molecule has 0 saturated carbocycles. The Balaban J connectivity index is 0.00000288. The number of thiophene rings is 1. The molecule has 1 fully saturated rings. The molecule has 1 saturated heterocycles. The molecule has 1 unspecified atom stereocenters. The number of hydrogen-bond donors (Lipinski definition) is 2. The van der Waals surface area contributed by atoms with Gasteiger partial charge in [0.1, 0.15) is 0 Å². The molecule has 1 aliphatic rings. The zero-order chi connectivity index (χ0) is 16.5. The van der Waals surface area contributed by atoms with Crippen LogP contribution in [0.3, 0.4) is 0 Å². The molecule has 1 aromatic heterocycles. The molecule has 0 radical (unpaired) electrons. The van der Waals surface area contributed by atoms with Gasteiger partial charge in [0, 0.05) is 20.1 Å². The molecule has 6 heteroatoms. The van der Waals surface area contributed by atoms with Crippen molar-refractivity contribution >= 4 is 41.3 Å². The van der Waals surface area contributed by atoms with Crippen molar-refractivity contribution in [2.45, 2.75) is 39.0 Å². The molecule has 24 heavy (non-hydrogen) atoms. The van der Waals surface area contributed by atoms with Crippen molar-refractivity contribution in [3.8, 4) is 0 Å². The largest absolute Gasteiger partial charge is 0.356 e. The van der Waals surface area contributed by atoms with Crippen molar-refractivity contribution in [2.24, 2.45) is 10.9 Å². The molecule has 0 bridgehead atoms. The Kier molecular flexibility index (Phi) is 10.9. The average Bonchev–Trinajstić information content (AvgIpc) is 3.10. The first-order valence-electron chi connectivity index (χ1n) is 8.88. The van der Waals surface area contributed by atoms with E-state index >= 15 is 0 Å². The van der Waals surface area contributed by atoms with Gasteiger partial charge >= 0.3 is 0 Å². The topological polar surface area (TPSA) is 39.7 Å². The lowest BCUT2D eigenvalue weighted by molar-refractivity contribution is 0.191. The van der Waals surface area contributed by atoms with Crippen LogP contribution in [-0.2, 0) is 0 Å². The highest BCUT2D eigenvalue weighted by Crippen LogP contribution is 2.17. The highest BCUT2D eigenvalue weighted by atomic mass is 127. The van der Waals surface area contributed by atoms with Crippen LogP contribution in [0.4, 0.5) is 0 Å². The van der Waals surface area contributed by atoms with Crippen LogP contribution in [0.25, 0.3) is 0 Å². The predicted octanol–water partition coefficient (Wildman–Crippen LogP) is 3.76. The van der Waals surface area contributed by atoms with Crippen LogP contribution in [0.2, 0.25) is 0 Å². The summed E-state index contributed by atoms with van der Waals surface area (Å²) in [6.07, 6.45) is 3.89. The van der Waals surface area contributed by atoms with Crippen molar-refractivity contribution in [2.75, 3.05) is 39.8 Å². The highest BCUT2D eigenvalue weighted by molar-refractivity contribution is 14.0. The Morgan fingerprint density at radius 3 is 2.75 bits per heavy atom. The van der Waals surface area contributed by atoms with Crippen molar-refractivity contribution in [3.63, 3.8) is 0 Å². The Morgan fingerprint density at radius 2 is 2.12 bits per heavy atom. The summed E-state index contributed by atoms with van der Waals surface area (Å²) in [5.41, 5.74) is 1.40. The van der Waals surface area contributed by atoms with Crippen LogP contribution < -0.4 is 10.6 Å². The number of piperidine rings is 1. The van der Waals surface area contributed by atoms with E-state index in [0.717, 1.165) is 25.0 Å². The number of hydrogen-bond acceptors (Lipinski definition) is 3. The van der Waals surface area contributed by atoms with Crippen molar-refractivity contribution in [1.29, 1.82) is 0 Å². The van der Waals surface area contributed by atoms with Gasteiger partial charge in [-0.15, -0.1) is 24.0 Å². The second kappa shape index (κ2) is 12.1. The van der Waals surface area contributed by atoms with E-state index in [1.165, 1.54) is 44.5 Å². The molecule has 0 amide bonds. The summed E-state index contributed by atoms with van der Waals surface area (Å²) in [5.74, 6) is 2.34. The van der Waals surface area contributed by atoms with E-state index in [4.69, 9.17) is 0 Å². The van der Waals surface area contributed by atoms with Crippen LogP contribution in [0.15, 0.2) is 21.8 Å². The third-order valence-electron chi connectivity index (χ3n) is 4.73. The molecule has 0 aliphatic carbocycles. The molecule has 138 valence electrons. The van der Waals surface area contributed by atoms with Crippen LogP contribution >= 0.6 is 35.3 Å². The lowest BCUT2D eigenvalue weighted by atomic mass is 9.99. The SMILES string of the molecule is CN=C(NCCCN1CCC(C)CC1)NCC(C)c1ccsc1.I. The number of halogens is 1. The molecule has 1 aliphatic heterocycles. The van der Waals surface area contributed by atoms with Crippen molar-refractivity contribution in [3.05, 3.63) is 22.4 Å². The molecule has 2 heterocycles. The van der Waals surface area contributed by atoms with E-state index in [-0.39, 0.29) is 24.0 Å². The fourth-order valence-corrected chi connectivity index (χ4v) is 3.72. The lowest BCUT2D eigenvalue weighted by Crippen LogP contribution is -2.40. The van der Waals surface area contributed by atoms with E-state index in [2.05, 4.69) is 51.2 Å². The molecular weight excluding hydrogens is 431 g/mol. The van der Waals surface area contributed by atoms with E-state index in [1.54, 1.807) is 11.3 Å². The first-order valence-corrected chi connectivity index (χ1v) is 9.82. The third kappa shape index (κ3) is 7.70. The molecule has 1 aromatic rings. The first kappa shape index (κ1) is 21.7. The number of nitrogens with zero attached hydrogens (tertiary/aromatic N) is 2. The van der Waals surface area contributed by atoms with Gasteiger partial charge in [-0.05, 0) is 73.1 Å². The highest BCUT2D eigenvalue weighted by Gasteiger charge is 2.14. The number of likely N-dealkylation sites (tertiary alicyclic amines) is 1. The van der Waals surface area contributed by atoms with Gasteiger partial charge in [-0.25, -0.2) is 0 Å². The smallest absolute Gasteiger partial charge is 0.190 e. The van der Waals surface area contributed by atoms with Gasteiger partial charge in [-0.2, -0.15) is 11.3 Å². The molecule has 4 nitrogen and oxygen atoms in total. The fourth-order valence-electron chi connectivity index (χ4n) is 2.94. The Labute approximate surface area is 168 Å². The molecule has 0 spiro atoms. The molecule has 2 N–H and O–H groups in total. The van der Waals surface area contributed by atoms with Crippen LogP contribution in [-0.4, -0.2) is 50.6 Å². The minimum Gasteiger partial charge on any atom is -0.356 e. The second-order valence-corrected chi connectivity index (χ2v) is 7.50. The van der Waals surface area contributed by atoms with Gasteiger partial charge < -0.3 is 15.5 Å². The Hall–Kier alpha value is -0.340. The van der Waals surface area contributed by atoms with E-state index in [1.807, 2.05) is 7.05 Å². The third-order valence-corrected chi connectivity index (χ3v) is 5.43. The van der Waals surface area contributed by atoms with E-state index in [9.17, 15) is 0 Å². The summed E-state index contributed by atoms with van der Waals surface area (Å²) in [6.45, 7) is 10.3. The van der Waals surface area contributed by atoms with Crippen molar-refractivity contribution < 1.29 is 0 Å². The number of rotatable bonds is 7. The van der Waals surface area contributed by atoms with Gasteiger partial charge in [0.25, 0.3) is 0 Å². The van der Waals surface area contributed by atoms with Gasteiger partial charge in [0.05, 0.1) is 0 Å². The molecular formula is C18H33IN4S. The average molecular weight is 464 g/mol. The molecule has 2 rings (SSSR count). The zero-order valence-electron chi connectivity index (χ0n) is 15.3. The second-order valence-electron chi connectivity index (χ2n) is 6.72. The van der Waals surface area contributed by atoms with E-state index in [0.29, 0.717) is 5.92 Å². The Bertz CT molecular complexity index is 456. The fraction of sp³-hybridized carbons (Fsp3) is 0.722. The van der Waals surface area contributed by atoms with Crippen LogP contribution in [0.1, 0.15) is 44.6 Å². The summed E-state index contributed by atoms with van der Waals surface area (Å²) in [4.78, 5) is 6.91. The summed E-state index contributed by atoms with van der Waals surface area (Å²) in [5, 5.41) is 11.2. The predicted molar refractivity (Wildman–Crippen MR) is 117 cm³/mol. The van der Waals surface area contributed by atoms with Crippen LogP contribution in [0.5, 0.6) is 0 Å². The maximum Gasteiger partial charge on any atom is 0.190 e. The number of nitrogens with one attached hydrogen (secondary N) is 2. The van der Waals surface area contributed by atoms with Crippen molar-refractivity contribution in [1.82, 2.24) is 15.5 Å². The van der Waals surface area contributed by atoms with E-state index < -0.39 is 0 Å². The zero-order valence-corrected chi connectivity index (χ0v) is 18.4. The van der Waals surface area contributed by atoms with Gasteiger partial charge in [0.2, 0.25) is 0 Å². The molecule has 0 aromatic carbocycles. The quantitative estimate of drug-likeness (QED) is 0.280. The van der Waals surface area contributed by atoms with Gasteiger partial charge in [-0.3, -0.25) is 4.99 Å². The van der Waals surface area contributed by atoms with Gasteiger partial charge in [-0.1, -0.05) is 13.8 Å². The van der Waals surface area contributed by atoms with Gasteiger partial charge in [0.15, 0.2) is 5.96 Å². The Morgan fingerprint density at radius 1 is 1.38 bits per heavy atom. The molecule has 1 atom stereocenters. The minimum atomic E-state index is 0. The number of aliphatic imine (C=N–C) groups is 1. The van der Waals surface area contributed by atoms with Crippen LogP contribution in [0, 0.1) is 5.92 Å². The maximum absolute atomic E-state index is 4.32. The normalized spacial score (nSPS) is 18.0. The maximum atomic E-state index is 4.32. The summed E-state index contributed by atoms with van der Waals surface area (Å²) in [7, 11) is 1.84. The number of guanidine groups is 1. The lowest BCUT2D eigenvalue weighted by Gasteiger charge is -2.30. The standard InChI is InChI=1S/C18H32N4S.HI/c1-15-5-10-22(11-6-15)9-4-8-20-18(19-3)21-13-16(2)17-7-12-23-14-17;/h7,12,14-16H,4-6,8-11,13H2,1-3H3,(H2,19,20,21);1H. The monoisotopic (exact) mass is 464 g/mol.